The number of anilines is 4. The van der Waals surface area contributed by atoms with E-state index in [9.17, 15) is 9.90 Å². The van der Waals surface area contributed by atoms with Gasteiger partial charge in [0.2, 0.25) is 11.9 Å². The largest absolute Gasteiger partial charge is 0.388 e. The highest BCUT2D eigenvalue weighted by Gasteiger charge is 2.55. The van der Waals surface area contributed by atoms with Crippen LogP contribution in [0.25, 0.3) is 0 Å². The Morgan fingerprint density at radius 1 is 1.14 bits per heavy atom. The number of hydrogen-bond acceptors (Lipinski definition) is 9. The van der Waals surface area contributed by atoms with Gasteiger partial charge in [0, 0.05) is 13.1 Å². The van der Waals surface area contributed by atoms with Gasteiger partial charge in [0.05, 0.1) is 42.3 Å². The Morgan fingerprint density at radius 3 is 2.48 bits per heavy atom. The third kappa shape index (κ3) is 2.74. The van der Waals surface area contributed by atoms with Crippen molar-refractivity contribution < 1.29 is 14.6 Å². The van der Waals surface area contributed by atoms with Crippen LogP contribution in [0.4, 0.5) is 23.3 Å². The van der Waals surface area contributed by atoms with Crippen LogP contribution in [-0.4, -0.2) is 57.3 Å². The number of ether oxygens (including phenoxy) is 1. The molecule has 3 N–H and O–H groups in total. The zero-order chi connectivity index (χ0) is 20.0. The first-order valence-corrected chi connectivity index (χ1v) is 9.91. The summed E-state index contributed by atoms with van der Waals surface area (Å²) in [5, 5.41) is 9.53. The monoisotopic (exact) mass is 397 g/mol. The zero-order valence-electron chi connectivity index (χ0n) is 16.0. The van der Waals surface area contributed by atoms with E-state index in [1.807, 2.05) is 0 Å². The average molecular weight is 397 g/mol. The summed E-state index contributed by atoms with van der Waals surface area (Å²) in [6, 6.07) is 0. The van der Waals surface area contributed by atoms with Gasteiger partial charge in [0.1, 0.15) is 18.2 Å². The number of carbonyl (C=O) groups is 1. The standard InChI is InChI=1S/C19H23N7O3/c20-15-14-16(24-13(11-27)23-15)26(17(28)19(14)3-1-2-4-19)12-9-21-18(22-10-12)25-5-7-29-8-6-25/h9-10,27H,1-8,11H2,(H2,20,23,24). The number of aliphatic hydroxyl groups excluding tert-OH is 1. The molecule has 1 saturated heterocycles. The van der Waals surface area contributed by atoms with Crippen molar-refractivity contribution in [1.29, 1.82) is 0 Å². The zero-order valence-corrected chi connectivity index (χ0v) is 16.0. The van der Waals surface area contributed by atoms with Crippen molar-refractivity contribution in [1.82, 2.24) is 19.9 Å². The van der Waals surface area contributed by atoms with Gasteiger partial charge < -0.3 is 20.5 Å². The summed E-state index contributed by atoms with van der Waals surface area (Å²) < 4.78 is 5.37. The third-order valence-electron chi connectivity index (χ3n) is 6.04. The number of aliphatic hydroxyl groups is 1. The lowest BCUT2D eigenvalue weighted by atomic mass is 9.80. The van der Waals surface area contributed by atoms with Crippen LogP contribution >= 0.6 is 0 Å². The Bertz CT molecular complexity index is 938. The quantitative estimate of drug-likeness (QED) is 0.767. The van der Waals surface area contributed by atoms with Crippen LogP contribution in [0.15, 0.2) is 12.4 Å². The number of nitrogen functional groups attached to an aromatic ring is 1. The normalized spacial score (nSPS) is 20.5. The fourth-order valence-electron chi connectivity index (χ4n) is 4.66. The van der Waals surface area contributed by atoms with Crippen molar-refractivity contribution in [2.75, 3.05) is 41.8 Å². The summed E-state index contributed by atoms with van der Waals surface area (Å²) >= 11 is 0. The number of nitrogens with two attached hydrogens (primary N) is 1. The fourth-order valence-corrected chi connectivity index (χ4v) is 4.66. The van der Waals surface area contributed by atoms with Gasteiger partial charge in [-0.2, -0.15) is 0 Å². The summed E-state index contributed by atoms with van der Waals surface area (Å²) in [6.45, 7) is 2.41. The SMILES string of the molecule is Nc1nc(CO)nc2c1C1(CCCC1)C(=O)N2c1cnc(N2CCOCC2)nc1. The Morgan fingerprint density at radius 2 is 1.83 bits per heavy atom. The van der Waals surface area contributed by atoms with E-state index in [0.29, 0.717) is 49.1 Å². The van der Waals surface area contributed by atoms with Gasteiger partial charge >= 0.3 is 0 Å². The molecular formula is C19H23N7O3. The van der Waals surface area contributed by atoms with Crippen LogP contribution in [0.3, 0.4) is 0 Å². The molecular weight excluding hydrogens is 374 g/mol. The van der Waals surface area contributed by atoms with Crippen LogP contribution in [-0.2, 0) is 21.6 Å². The van der Waals surface area contributed by atoms with E-state index in [1.165, 1.54) is 0 Å². The molecule has 2 fully saturated rings. The second-order valence-electron chi connectivity index (χ2n) is 7.65. The third-order valence-corrected chi connectivity index (χ3v) is 6.04. The highest BCUT2D eigenvalue weighted by molar-refractivity contribution is 6.13. The van der Waals surface area contributed by atoms with Gasteiger partial charge in [-0.15, -0.1) is 0 Å². The minimum Gasteiger partial charge on any atom is -0.388 e. The Hall–Kier alpha value is -2.85. The van der Waals surface area contributed by atoms with Gasteiger partial charge in [-0.05, 0) is 12.8 Å². The Balaban J connectivity index is 1.57. The maximum Gasteiger partial charge on any atom is 0.243 e. The highest BCUT2D eigenvalue weighted by Crippen LogP contribution is 2.54. The van der Waals surface area contributed by atoms with E-state index < -0.39 is 5.41 Å². The van der Waals surface area contributed by atoms with E-state index in [0.717, 1.165) is 25.9 Å². The molecule has 2 aromatic heterocycles. The molecule has 1 aliphatic carbocycles. The van der Waals surface area contributed by atoms with Gasteiger partial charge in [-0.3, -0.25) is 9.69 Å². The minimum absolute atomic E-state index is 0.0659. The van der Waals surface area contributed by atoms with Crippen LogP contribution in [0, 0.1) is 0 Å². The molecule has 0 aromatic carbocycles. The number of rotatable bonds is 3. The topological polar surface area (TPSA) is 131 Å². The van der Waals surface area contributed by atoms with Gasteiger partial charge in [0.15, 0.2) is 5.82 Å². The molecule has 4 heterocycles. The number of carbonyl (C=O) groups excluding carboxylic acids is 1. The summed E-state index contributed by atoms with van der Waals surface area (Å²) in [5.41, 5.74) is 6.75. The molecule has 1 saturated carbocycles. The van der Waals surface area contributed by atoms with Crippen LogP contribution in [0.2, 0.25) is 0 Å². The van der Waals surface area contributed by atoms with Gasteiger partial charge in [-0.1, -0.05) is 12.8 Å². The molecule has 2 aliphatic heterocycles. The molecule has 0 unspecified atom stereocenters. The fraction of sp³-hybridized carbons (Fsp3) is 0.526. The van der Waals surface area contributed by atoms with Crippen molar-refractivity contribution in [2.24, 2.45) is 0 Å². The maximum atomic E-state index is 13.6. The number of amides is 1. The van der Waals surface area contributed by atoms with Crippen molar-refractivity contribution in [3.8, 4) is 0 Å². The predicted octanol–water partition coefficient (Wildman–Crippen LogP) is 0.668. The number of hydrogen-bond donors (Lipinski definition) is 2. The molecule has 3 aliphatic rings. The first-order valence-electron chi connectivity index (χ1n) is 9.91. The lowest BCUT2D eigenvalue weighted by Gasteiger charge is -2.27. The Labute approximate surface area is 167 Å². The smallest absolute Gasteiger partial charge is 0.243 e. The van der Waals surface area contributed by atoms with Crippen LogP contribution in [0.1, 0.15) is 37.1 Å². The molecule has 0 bridgehead atoms. The van der Waals surface area contributed by atoms with Crippen molar-refractivity contribution in [2.45, 2.75) is 37.7 Å². The van der Waals surface area contributed by atoms with E-state index in [2.05, 4.69) is 24.8 Å². The molecule has 1 spiro atoms. The van der Waals surface area contributed by atoms with E-state index in [-0.39, 0.29) is 24.2 Å². The lowest BCUT2D eigenvalue weighted by Crippen LogP contribution is -2.38. The number of fused-ring (bicyclic) bond motifs is 2. The molecule has 29 heavy (non-hydrogen) atoms. The summed E-state index contributed by atoms with van der Waals surface area (Å²) in [6.07, 6.45) is 6.62. The van der Waals surface area contributed by atoms with Gasteiger partial charge in [0.25, 0.3) is 0 Å². The van der Waals surface area contributed by atoms with Gasteiger partial charge in [-0.25, -0.2) is 19.9 Å². The van der Waals surface area contributed by atoms with Crippen LogP contribution < -0.4 is 15.5 Å². The van der Waals surface area contributed by atoms with Crippen molar-refractivity contribution in [3.05, 3.63) is 23.8 Å². The lowest BCUT2D eigenvalue weighted by molar-refractivity contribution is -0.122. The van der Waals surface area contributed by atoms with Crippen molar-refractivity contribution in [3.63, 3.8) is 0 Å². The van der Waals surface area contributed by atoms with E-state index in [1.54, 1.807) is 17.3 Å². The van der Waals surface area contributed by atoms with E-state index >= 15 is 0 Å². The highest BCUT2D eigenvalue weighted by atomic mass is 16.5. The van der Waals surface area contributed by atoms with Crippen LogP contribution in [0.5, 0.6) is 0 Å². The summed E-state index contributed by atoms with van der Waals surface area (Å²) in [5.74, 6) is 1.44. The number of nitrogens with zero attached hydrogens (tertiary/aromatic N) is 6. The second-order valence-corrected chi connectivity index (χ2v) is 7.65. The molecule has 1 amide bonds. The second kappa shape index (κ2) is 6.89. The first-order chi connectivity index (χ1) is 14.1. The van der Waals surface area contributed by atoms with Crippen molar-refractivity contribution >= 4 is 29.2 Å². The summed E-state index contributed by atoms with van der Waals surface area (Å²) in [7, 11) is 0. The van der Waals surface area contributed by atoms with E-state index in [4.69, 9.17) is 10.5 Å². The Kier molecular flexibility index (Phi) is 4.32. The molecule has 5 rings (SSSR count). The first kappa shape index (κ1) is 18.2. The number of morpholine rings is 1. The molecule has 10 nitrogen and oxygen atoms in total. The molecule has 2 aromatic rings. The number of aromatic nitrogens is 4. The molecule has 0 atom stereocenters. The molecule has 0 radical (unpaired) electrons. The molecule has 152 valence electrons. The predicted molar refractivity (Wildman–Crippen MR) is 105 cm³/mol. The maximum absolute atomic E-state index is 13.6. The average Bonchev–Trinajstić information content (AvgIpc) is 3.33. The minimum atomic E-state index is -0.698. The molecule has 10 heteroatoms. The summed E-state index contributed by atoms with van der Waals surface area (Å²) in [4.78, 5) is 34.8.